The molecule has 4 nitrogen and oxygen atoms in total. The number of hydrogen-bond donors (Lipinski definition) is 1. The van der Waals surface area contributed by atoms with Crippen molar-refractivity contribution in [3.8, 4) is 0 Å². The lowest BCUT2D eigenvalue weighted by Crippen LogP contribution is -2.48. The van der Waals surface area contributed by atoms with E-state index in [1.54, 1.807) is 12.5 Å². The van der Waals surface area contributed by atoms with Crippen molar-refractivity contribution < 1.29 is 4.42 Å². The largest absolute Gasteiger partial charge is 0.472 e. The highest BCUT2D eigenvalue weighted by Gasteiger charge is 2.16. The molecule has 0 saturated carbocycles. The van der Waals surface area contributed by atoms with Gasteiger partial charge >= 0.3 is 0 Å². The molecule has 4 heteroatoms. The molecule has 112 valence electrons. The molecule has 21 heavy (non-hydrogen) atoms. The molecule has 1 saturated heterocycles. The van der Waals surface area contributed by atoms with Gasteiger partial charge in [0.25, 0.3) is 0 Å². The standard InChI is InChI=1S/C17H23N3O/c1-2-4-17(5-3-1)20-11-9-19(10-12-20)8-7-18-14-16-6-13-21-15-16/h1-6,13,15,18H,7-12,14H2. The highest BCUT2D eigenvalue weighted by molar-refractivity contribution is 5.46. The van der Waals surface area contributed by atoms with E-state index in [-0.39, 0.29) is 0 Å². The second kappa shape index (κ2) is 7.29. The van der Waals surface area contributed by atoms with Crippen molar-refractivity contribution in [3.63, 3.8) is 0 Å². The molecule has 0 atom stereocenters. The molecule has 0 aliphatic carbocycles. The molecule has 3 rings (SSSR count). The Hall–Kier alpha value is -1.78. The summed E-state index contributed by atoms with van der Waals surface area (Å²) in [7, 11) is 0. The summed E-state index contributed by atoms with van der Waals surface area (Å²) in [5.74, 6) is 0. The number of nitrogens with one attached hydrogen (secondary N) is 1. The van der Waals surface area contributed by atoms with Crippen LogP contribution in [0, 0.1) is 0 Å². The first-order valence-corrected chi connectivity index (χ1v) is 7.66. The highest BCUT2D eigenvalue weighted by Crippen LogP contribution is 2.15. The van der Waals surface area contributed by atoms with Gasteiger partial charge in [-0.3, -0.25) is 4.90 Å². The Bertz CT molecular complexity index is 504. The van der Waals surface area contributed by atoms with Crippen LogP contribution in [0.2, 0.25) is 0 Å². The third-order valence-electron chi connectivity index (χ3n) is 4.01. The van der Waals surface area contributed by atoms with Gasteiger partial charge < -0.3 is 14.6 Å². The zero-order chi connectivity index (χ0) is 14.3. The average Bonchev–Trinajstić information content (AvgIpc) is 3.06. The van der Waals surface area contributed by atoms with E-state index in [0.717, 1.165) is 45.8 Å². The predicted octanol–water partition coefficient (Wildman–Crippen LogP) is 2.19. The lowest BCUT2D eigenvalue weighted by molar-refractivity contribution is 0.257. The molecule has 1 aromatic heterocycles. The van der Waals surface area contributed by atoms with Gasteiger partial charge in [0.1, 0.15) is 0 Å². The quantitative estimate of drug-likeness (QED) is 0.825. The molecule has 2 heterocycles. The maximum atomic E-state index is 5.06. The van der Waals surface area contributed by atoms with Crippen LogP contribution >= 0.6 is 0 Å². The van der Waals surface area contributed by atoms with E-state index in [1.807, 2.05) is 6.07 Å². The Morgan fingerprint density at radius 2 is 1.81 bits per heavy atom. The third kappa shape index (κ3) is 4.09. The van der Waals surface area contributed by atoms with Crippen molar-refractivity contribution in [1.29, 1.82) is 0 Å². The second-order valence-electron chi connectivity index (χ2n) is 5.47. The summed E-state index contributed by atoms with van der Waals surface area (Å²) < 4.78 is 5.06. The molecule has 0 bridgehead atoms. The molecule has 1 N–H and O–H groups in total. The number of para-hydroxylation sites is 1. The summed E-state index contributed by atoms with van der Waals surface area (Å²) in [6.45, 7) is 7.54. The predicted molar refractivity (Wildman–Crippen MR) is 85.5 cm³/mol. The first kappa shape index (κ1) is 14.2. The summed E-state index contributed by atoms with van der Waals surface area (Å²) in [5.41, 5.74) is 2.55. The van der Waals surface area contributed by atoms with Crippen molar-refractivity contribution in [3.05, 3.63) is 54.5 Å². The Labute approximate surface area is 126 Å². The van der Waals surface area contributed by atoms with Crippen LogP contribution in [0.25, 0.3) is 0 Å². The van der Waals surface area contributed by atoms with E-state index < -0.39 is 0 Å². The molecule has 0 unspecified atom stereocenters. The maximum Gasteiger partial charge on any atom is 0.0947 e. The molecule has 0 amide bonds. The highest BCUT2D eigenvalue weighted by atomic mass is 16.3. The zero-order valence-electron chi connectivity index (χ0n) is 12.4. The number of hydrogen-bond acceptors (Lipinski definition) is 4. The second-order valence-corrected chi connectivity index (χ2v) is 5.47. The number of benzene rings is 1. The summed E-state index contributed by atoms with van der Waals surface area (Å²) in [4.78, 5) is 5.00. The number of anilines is 1. The van der Waals surface area contributed by atoms with Crippen LogP contribution in [0.4, 0.5) is 5.69 Å². The van der Waals surface area contributed by atoms with Gasteiger partial charge in [-0.15, -0.1) is 0 Å². The van der Waals surface area contributed by atoms with Crippen LogP contribution in [0.3, 0.4) is 0 Å². The molecule has 1 fully saturated rings. The number of rotatable bonds is 6. The molecule has 0 radical (unpaired) electrons. The molecule has 1 aromatic carbocycles. The van der Waals surface area contributed by atoms with Crippen LogP contribution in [0.1, 0.15) is 5.56 Å². The monoisotopic (exact) mass is 285 g/mol. The summed E-state index contributed by atoms with van der Waals surface area (Å²) in [6, 6.07) is 12.7. The smallest absolute Gasteiger partial charge is 0.0947 e. The maximum absolute atomic E-state index is 5.06. The topological polar surface area (TPSA) is 31.6 Å². The van der Waals surface area contributed by atoms with Gasteiger partial charge in [-0.05, 0) is 18.2 Å². The average molecular weight is 285 g/mol. The first-order chi connectivity index (χ1) is 10.4. The minimum atomic E-state index is 0.889. The lowest BCUT2D eigenvalue weighted by Gasteiger charge is -2.36. The Balaban J connectivity index is 1.34. The SMILES string of the molecule is c1ccc(N2CCN(CCNCc3ccoc3)CC2)cc1. The summed E-state index contributed by atoms with van der Waals surface area (Å²) >= 11 is 0. The number of nitrogens with zero attached hydrogens (tertiary/aromatic N) is 2. The van der Waals surface area contributed by atoms with Gasteiger partial charge in [0.15, 0.2) is 0 Å². The van der Waals surface area contributed by atoms with Gasteiger partial charge in [0, 0.05) is 57.1 Å². The van der Waals surface area contributed by atoms with Crippen LogP contribution in [0.15, 0.2) is 53.3 Å². The van der Waals surface area contributed by atoms with E-state index in [0.29, 0.717) is 0 Å². The van der Waals surface area contributed by atoms with Crippen molar-refractivity contribution in [2.45, 2.75) is 6.54 Å². The number of piperazine rings is 1. The van der Waals surface area contributed by atoms with Crippen molar-refractivity contribution in [2.24, 2.45) is 0 Å². The van der Waals surface area contributed by atoms with Crippen molar-refractivity contribution >= 4 is 5.69 Å². The van der Waals surface area contributed by atoms with Gasteiger partial charge in [-0.2, -0.15) is 0 Å². The fourth-order valence-corrected chi connectivity index (χ4v) is 2.73. The fraction of sp³-hybridized carbons (Fsp3) is 0.412. The summed E-state index contributed by atoms with van der Waals surface area (Å²) in [5, 5.41) is 3.46. The van der Waals surface area contributed by atoms with Crippen molar-refractivity contribution in [1.82, 2.24) is 10.2 Å². The van der Waals surface area contributed by atoms with Gasteiger partial charge in [-0.25, -0.2) is 0 Å². The summed E-state index contributed by atoms with van der Waals surface area (Å²) in [6.07, 6.45) is 3.52. The minimum absolute atomic E-state index is 0.889. The normalized spacial score (nSPS) is 16.3. The van der Waals surface area contributed by atoms with Crippen LogP contribution < -0.4 is 10.2 Å². The van der Waals surface area contributed by atoms with E-state index in [2.05, 4.69) is 45.4 Å². The van der Waals surface area contributed by atoms with E-state index in [1.165, 1.54) is 11.3 Å². The van der Waals surface area contributed by atoms with Crippen LogP contribution in [-0.2, 0) is 6.54 Å². The van der Waals surface area contributed by atoms with E-state index in [9.17, 15) is 0 Å². The number of furan rings is 1. The Kier molecular flexibility index (Phi) is 4.92. The minimum Gasteiger partial charge on any atom is -0.472 e. The Morgan fingerprint density at radius 3 is 2.52 bits per heavy atom. The molecule has 0 spiro atoms. The van der Waals surface area contributed by atoms with Crippen LogP contribution in [0.5, 0.6) is 0 Å². The molecular formula is C17H23N3O. The van der Waals surface area contributed by atoms with Crippen molar-refractivity contribution in [2.75, 3.05) is 44.2 Å². The van der Waals surface area contributed by atoms with Gasteiger partial charge in [-0.1, -0.05) is 18.2 Å². The van der Waals surface area contributed by atoms with Crippen LogP contribution in [-0.4, -0.2) is 44.2 Å². The first-order valence-electron chi connectivity index (χ1n) is 7.66. The molecule has 1 aliphatic heterocycles. The molecule has 1 aliphatic rings. The third-order valence-corrected chi connectivity index (χ3v) is 4.01. The van der Waals surface area contributed by atoms with E-state index in [4.69, 9.17) is 4.42 Å². The molecular weight excluding hydrogens is 262 g/mol. The van der Waals surface area contributed by atoms with Gasteiger partial charge in [0.05, 0.1) is 12.5 Å². The Morgan fingerprint density at radius 1 is 1.00 bits per heavy atom. The van der Waals surface area contributed by atoms with E-state index >= 15 is 0 Å². The zero-order valence-corrected chi connectivity index (χ0v) is 12.4. The lowest BCUT2D eigenvalue weighted by atomic mass is 10.2. The van der Waals surface area contributed by atoms with Gasteiger partial charge in [0.2, 0.25) is 0 Å². The molecule has 2 aromatic rings. The fourth-order valence-electron chi connectivity index (χ4n) is 2.73.